The quantitative estimate of drug-likeness (QED) is 0.497. The topological polar surface area (TPSA) is 87.7 Å². The zero-order valence-corrected chi connectivity index (χ0v) is 19.5. The SMILES string of the molecule is CCOCCCN(CCC(=O)NC1CCN(Cc2ccccc2)CC1)C(=O)c1cnccn1. The van der Waals surface area contributed by atoms with Crippen LogP contribution in [0.5, 0.6) is 0 Å². The minimum Gasteiger partial charge on any atom is -0.382 e. The highest BCUT2D eigenvalue weighted by atomic mass is 16.5. The standard InChI is InChI=1S/C25H35N5O3/c1-2-33-18-6-14-30(25(32)23-19-26-12-13-27-23)17-11-24(31)28-22-9-15-29(16-10-22)20-21-7-4-3-5-8-21/h3-5,7-8,12-13,19,22H,2,6,9-11,14-18,20H2,1H3,(H,28,31). The second kappa shape index (κ2) is 13.6. The van der Waals surface area contributed by atoms with Crippen molar-refractivity contribution < 1.29 is 14.3 Å². The Bertz CT molecular complexity index is 842. The van der Waals surface area contributed by atoms with Crippen molar-refractivity contribution in [3.05, 3.63) is 60.2 Å². The summed E-state index contributed by atoms with van der Waals surface area (Å²) in [5.74, 6) is -0.222. The number of hydrogen-bond donors (Lipinski definition) is 1. The number of benzene rings is 1. The van der Waals surface area contributed by atoms with Crippen LogP contribution in [-0.2, 0) is 16.1 Å². The molecule has 1 aromatic heterocycles. The molecule has 0 atom stereocenters. The van der Waals surface area contributed by atoms with Crippen LogP contribution in [0, 0.1) is 0 Å². The van der Waals surface area contributed by atoms with Gasteiger partial charge in [-0.05, 0) is 31.7 Å². The van der Waals surface area contributed by atoms with E-state index in [2.05, 4.69) is 44.5 Å². The van der Waals surface area contributed by atoms with E-state index in [9.17, 15) is 9.59 Å². The molecule has 3 rings (SSSR count). The van der Waals surface area contributed by atoms with Gasteiger partial charge in [-0.3, -0.25) is 19.5 Å². The Morgan fingerprint density at radius 1 is 1.15 bits per heavy atom. The molecule has 178 valence electrons. The number of carbonyl (C=O) groups excluding carboxylic acids is 2. The van der Waals surface area contributed by atoms with Gasteiger partial charge in [-0.1, -0.05) is 30.3 Å². The molecule has 0 spiro atoms. The first-order valence-electron chi connectivity index (χ1n) is 11.8. The number of likely N-dealkylation sites (tertiary alicyclic amines) is 1. The lowest BCUT2D eigenvalue weighted by atomic mass is 10.0. The predicted octanol–water partition coefficient (Wildman–Crippen LogP) is 2.52. The van der Waals surface area contributed by atoms with Crippen LogP contribution in [0.25, 0.3) is 0 Å². The fourth-order valence-electron chi connectivity index (χ4n) is 4.00. The zero-order valence-electron chi connectivity index (χ0n) is 19.5. The largest absolute Gasteiger partial charge is 0.382 e. The van der Waals surface area contributed by atoms with Crippen LogP contribution in [0.15, 0.2) is 48.9 Å². The lowest BCUT2D eigenvalue weighted by Gasteiger charge is -2.32. The van der Waals surface area contributed by atoms with Crippen LogP contribution in [0.4, 0.5) is 0 Å². The van der Waals surface area contributed by atoms with Crippen molar-refractivity contribution in [1.29, 1.82) is 0 Å². The van der Waals surface area contributed by atoms with Gasteiger partial charge in [0.25, 0.3) is 5.91 Å². The average Bonchev–Trinajstić information content (AvgIpc) is 2.85. The van der Waals surface area contributed by atoms with Crippen molar-refractivity contribution >= 4 is 11.8 Å². The van der Waals surface area contributed by atoms with Crippen molar-refractivity contribution in [3.8, 4) is 0 Å². The Balaban J connectivity index is 1.43. The van der Waals surface area contributed by atoms with Gasteiger partial charge in [0, 0.05) is 70.8 Å². The predicted molar refractivity (Wildman–Crippen MR) is 127 cm³/mol. The average molecular weight is 454 g/mol. The summed E-state index contributed by atoms with van der Waals surface area (Å²) in [4.78, 5) is 37.6. The van der Waals surface area contributed by atoms with Crippen LogP contribution in [0.1, 0.15) is 48.7 Å². The van der Waals surface area contributed by atoms with Gasteiger partial charge in [0.05, 0.1) is 6.20 Å². The van der Waals surface area contributed by atoms with Crippen molar-refractivity contribution in [2.75, 3.05) is 39.4 Å². The van der Waals surface area contributed by atoms with E-state index < -0.39 is 0 Å². The third-order valence-electron chi connectivity index (χ3n) is 5.80. The van der Waals surface area contributed by atoms with E-state index >= 15 is 0 Å². The molecule has 0 unspecified atom stereocenters. The summed E-state index contributed by atoms with van der Waals surface area (Å²) in [5, 5.41) is 3.16. The molecule has 8 nitrogen and oxygen atoms in total. The van der Waals surface area contributed by atoms with Gasteiger partial charge < -0.3 is 15.0 Å². The van der Waals surface area contributed by atoms with Gasteiger partial charge in [0.15, 0.2) is 0 Å². The summed E-state index contributed by atoms with van der Waals surface area (Å²) in [7, 11) is 0. The normalized spacial score (nSPS) is 14.7. The summed E-state index contributed by atoms with van der Waals surface area (Å²) < 4.78 is 5.39. The molecule has 0 saturated carbocycles. The van der Waals surface area contributed by atoms with Gasteiger partial charge in [0.1, 0.15) is 5.69 Å². The molecular formula is C25H35N5O3. The molecule has 1 fully saturated rings. The third kappa shape index (κ3) is 8.55. The number of hydrogen-bond acceptors (Lipinski definition) is 6. The van der Waals surface area contributed by atoms with Crippen molar-refractivity contribution in [1.82, 2.24) is 25.1 Å². The van der Waals surface area contributed by atoms with E-state index in [1.165, 1.54) is 24.2 Å². The van der Waals surface area contributed by atoms with Crippen LogP contribution < -0.4 is 5.32 Å². The molecule has 8 heteroatoms. The zero-order chi connectivity index (χ0) is 23.3. The van der Waals surface area contributed by atoms with Gasteiger partial charge in [-0.25, -0.2) is 4.98 Å². The first-order valence-corrected chi connectivity index (χ1v) is 11.8. The Hall–Kier alpha value is -2.84. The molecule has 1 aliphatic heterocycles. The molecule has 1 aromatic carbocycles. The number of aromatic nitrogens is 2. The number of rotatable bonds is 12. The second-order valence-corrected chi connectivity index (χ2v) is 8.29. The van der Waals surface area contributed by atoms with Crippen LogP contribution in [0.2, 0.25) is 0 Å². The van der Waals surface area contributed by atoms with E-state index in [1.807, 2.05) is 13.0 Å². The number of piperidine rings is 1. The smallest absolute Gasteiger partial charge is 0.274 e. The Morgan fingerprint density at radius 2 is 1.94 bits per heavy atom. The van der Waals surface area contributed by atoms with E-state index in [-0.39, 0.29) is 24.3 Å². The second-order valence-electron chi connectivity index (χ2n) is 8.29. The number of ether oxygens (including phenoxy) is 1. The molecule has 2 heterocycles. The van der Waals surface area contributed by atoms with Crippen molar-refractivity contribution in [2.45, 2.75) is 45.2 Å². The molecule has 1 saturated heterocycles. The van der Waals surface area contributed by atoms with E-state index in [0.717, 1.165) is 32.5 Å². The lowest BCUT2D eigenvalue weighted by molar-refractivity contribution is -0.122. The Kier molecular flexibility index (Phi) is 10.3. The van der Waals surface area contributed by atoms with Gasteiger partial charge in [-0.15, -0.1) is 0 Å². The molecule has 1 aliphatic rings. The highest BCUT2D eigenvalue weighted by molar-refractivity contribution is 5.92. The monoisotopic (exact) mass is 453 g/mol. The minimum absolute atomic E-state index is 0.0155. The summed E-state index contributed by atoms with van der Waals surface area (Å²) in [6.45, 7) is 6.91. The number of nitrogens with zero attached hydrogens (tertiary/aromatic N) is 4. The third-order valence-corrected chi connectivity index (χ3v) is 5.80. The van der Waals surface area contributed by atoms with Gasteiger partial charge >= 0.3 is 0 Å². The Morgan fingerprint density at radius 3 is 2.64 bits per heavy atom. The number of nitrogens with one attached hydrogen (secondary N) is 1. The summed E-state index contributed by atoms with van der Waals surface area (Å²) in [5.41, 5.74) is 1.61. The fourth-order valence-corrected chi connectivity index (χ4v) is 4.00. The maximum atomic E-state index is 12.8. The number of carbonyl (C=O) groups is 2. The van der Waals surface area contributed by atoms with Crippen LogP contribution in [-0.4, -0.2) is 77.0 Å². The van der Waals surface area contributed by atoms with E-state index in [1.54, 1.807) is 4.90 Å². The Labute approximate surface area is 196 Å². The minimum atomic E-state index is -0.207. The summed E-state index contributed by atoms with van der Waals surface area (Å²) in [6, 6.07) is 10.7. The number of amides is 2. The lowest BCUT2D eigenvalue weighted by Crippen LogP contribution is -2.45. The molecule has 2 aromatic rings. The molecule has 0 bridgehead atoms. The maximum Gasteiger partial charge on any atom is 0.274 e. The fraction of sp³-hybridized carbons (Fsp3) is 0.520. The van der Waals surface area contributed by atoms with Crippen LogP contribution >= 0.6 is 0 Å². The van der Waals surface area contributed by atoms with Gasteiger partial charge in [-0.2, -0.15) is 0 Å². The summed E-state index contributed by atoms with van der Waals surface area (Å²) >= 11 is 0. The molecule has 1 N–H and O–H groups in total. The highest BCUT2D eigenvalue weighted by Crippen LogP contribution is 2.14. The molecule has 2 amide bonds. The van der Waals surface area contributed by atoms with Gasteiger partial charge in [0.2, 0.25) is 5.91 Å². The van der Waals surface area contributed by atoms with E-state index in [0.29, 0.717) is 38.4 Å². The first-order chi connectivity index (χ1) is 16.2. The highest BCUT2D eigenvalue weighted by Gasteiger charge is 2.22. The van der Waals surface area contributed by atoms with Crippen LogP contribution in [0.3, 0.4) is 0 Å². The van der Waals surface area contributed by atoms with E-state index in [4.69, 9.17) is 4.74 Å². The molecule has 0 radical (unpaired) electrons. The van der Waals surface area contributed by atoms with Crippen molar-refractivity contribution in [2.24, 2.45) is 0 Å². The maximum absolute atomic E-state index is 12.8. The molecule has 0 aliphatic carbocycles. The molecule has 33 heavy (non-hydrogen) atoms. The summed E-state index contributed by atoms with van der Waals surface area (Å²) in [6.07, 6.45) is 7.36. The molecular weight excluding hydrogens is 418 g/mol. The van der Waals surface area contributed by atoms with Crippen molar-refractivity contribution in [3.63, 3.8) is 0 Å². The first kappa shape index (κ1) is 24.8.